The minimum absolute atomic E-state index is 0.160. The zero-order valence-corrected chi connectivity index (χ0v) is 32.3. The molecule has 3 aliphatic rings. The molecule has 0 saturated carbocycles. The van der Waals surface area contributed by atoms with Crippen molar-refractivity contribution in [2.24, 2.45) is 0 Å². The van der Waals surface area contributed by atoms with Crippen LogP contribution in [0.2, 0.25) is 0 Å². The number of rotatable bonds is 3. The van der Waals surface area contributed by atoms with Crippen LogP contribution in [0.4, 0.5) is 17.1 Å². The molecule has 2 heteroatoms. The zero-order valence-electron chi connectivity index (χ0n) is 32.3. The van der Waals surface area contributed by atoms with E-state index < -0.39 is 5.41 Å². The fourth-order valence-electron chi connectivity index (χ4n) is 11.2. The lowest BCUT2D eigenvalue weighted by Crippen LogP contribution is -2.26. The van der Waals surface area contributed by atoms with E-state index in [-0.39, 0.29) is 5.41 Å². The van der Waals surface area contributed by atoms with E-state index in [0.717, 1.165) is 39.0 Å². The van der Waals surface area contributed by atoms with Gasteiger partial charge < -0.3 is 9.32 Å². The van der Waals surface area contributed by atoms with Crippen molar-refractivity contribution in [3.05, 3.63) is 221 Å². The minimum Gasteiger partial charge on any atom is -0.454 e. The molecule has 13 rings (SSSR count). The van der Waals surface area contributed by atoms with Crippen LogP contribution in [-0.4, -0.2) is 0 Å². The summed E-state index contributed by atoms with van der Waals surface area (Å²) in [5.74, 6) is 0. The predicted molar refractivity (Wildman–Crippen MR) is 240 cm³/mol. The molecule has 0 radical (unpaired) electrons. The third kappa shape index (κ3) is 3.92. The van der Waals surface area contributed by atoms with Gasteiger partial charge in [0.25, 0.3) is 0 Å². The highest BCUT2D eigenvalue weighted by molar-refractivity contribution is 6.23. The lowest BCUT2D eigenvalue weighted by Gasteiger charge is -2.32. The summed E-state index contributed by atoms with van der Waals surface area (Å²) in [5.41, 5.74) is 20.2. The summed E-state index contributed by atoms with van der Waals surface area (Å²) in [6, 6.07) is 69.9. The number of furan rings is 1. The molecular weight excluding hydrogens is 703 g/mol. The van der Waals surface area contributed by atoms with E-state index >= 15 is 0 Å². The average molecular weight is 740 g/mol. The number of anilines is 3. The third-order valence-electron chi connectivity index (χ3n) is 13.7. The number of fused-ring (bicyclic) bond motifs is 18. The molecule has 0 fully saturated rings. The molecule has 10 aromatic rings. The lowest BCUT2D eigenvalue weighted by atomic mass is 9.70. The molecule has 2 nitrogen and oxygen atoms in total. The maximum atomic E-state index is 6.99. The fraction of sp³-hybridized carbons (Fsp3) is 0.0714. The molecule has 0 N–H and O–H groups in total. The molecular formula is C56H37NO. The quantitative estimate of drug-likeness (QED) is 0.179. The molecule has 0 bridgehead atoms. The molecule has 9 aromatic carbocycles. The Kier molecular flexibility index (Phi) is 6.20. The summed E-state index contributed by atoms with van der Waals surface area (Å²) in [4.78, 5) is 2.47. The third-order valence-corrected chi connectivity index (χ3v) is 13.7. The predicted octanol–water partition coefficient (Wildman–Crippen LogP) is 14.9. The van der Waals surface area contributed by atoms with Crippen LogP contribution in [-0.2, 0) is 10.8 Å². The van der Waals surface area contributed by atoms with Crippen LogP contribution in [0.5, 0.6) is 0 Å². The minimum atomic E-state index is -0.458. The van der Waals surface area contributed by atoms with Gasteiger partial charge in [-0.05, 0) is 114 Å². The van der Waals surface area contributed by atoms with Crippen molar-refractivity contribution in [3.8, 4) is 33.4 Å². The molecule has 1 spiro atoms. The first kappa shape index (κ1) is 32.0. The van der Waals surface area contributed by atoms with Gasteiger partial charge in [-0.2, -0.15) is 0 Å². The van der Waals surface area contributed by atoms with Crippen molar-refractivity contribution < 1.29 is 4.42 Å². The maximum absolute atomic E-state index is 6.99. The first-order valence-corrected chi connectivity index (χ1v) is 20.3. The van der Waals surface area contributed by atoms with Crippen molar-refractivity contribution in [3.63, 3.8) is 0 Å². The van der Waals surface area contributed by atoms with Crippen LogP contribution in [0.1, 0.15) is 47.2 Å². The smallest absolute Gasteiger partial charge is 0.160 e. The number of benzene rings is 9. The van der Waals surface area contributed by atoms with Crippen LogP contribution in [0, 0.1) is 0 Å². The van der Waals surface area contributed by atoms with Gasteiger partial charge in [-0.3, -0.25) is 0 Å². The SMILES string of the molecule is CC1(C)c2ccccc2-c2ccc(N(c3ccc4c(c3)C3(c5ccccc5-c5ccccc53)c3ccccc3-4)c3cc4ccccc4c4c3oc3ccccc34)cc21. The summed E-state index contributed by atoms with van der Waals surface area (Å²) >= 11 is 0. The number of hydrogen-bond donors (Lipinski definition) is 0. The van der Waals surface area contributed by atoms with Gasteiger partial charge >= 0.3 is 0 Å². The normalized spacial score (nSPS) is 14.7. The Morgan fingerprint density at radius 1 is 0.397 bits per heavy atom. The Morgan fingerprint density at radius 2 is 0.862 bits per heavy atom. The molecule has 0 saturated heterocycles. The lowest BCUT2D eigenvalue weighted by molar-refractivity contribution is 0.660. The van der Waals surface area contributed by atoms with E-state index in [1.165, 1.54) is 77.5 Å². The summed E-state index contributed by atoms with van der Waals surface area (Å²) in [6.07, 6.45) is 0. The number of para-hydroxylation sites is 1. The van der Waals surface area contributed by atoms with Gasteiger partial charge in [0.2, 0.25) is 0 Å². The van der Waals surface area contributed by atoms with Crippen LogP contribution in [0.15, 0.2) is 192 Å². The largest absolute Gasteiger partial charge is 0.454 e. The monoisotopic (exact) mass is 739 g/mol. The highest BCUT2D eigenvalue weighted by Crippen LogP contribution is 2.63. The van der Waals surface area contributed by atoms with Gasteiger partial charge in [0, 0.05) is 27.6 Å². The second-order valence-corrected chi connectivity index (χ2v) is 16.8. The van der Waals surface area contributed by atoms with E-state index in [2.05, 4.69) is 207 Å². The Bertz CT molecular complexity index is 3340. The average Bonchev–Trinajstić information content (AvgIpc) is 3.97. The molecule has 0 amide bonds. The summed E-state index contributed by atoms with van der Waals surface area (Å²) in [7, 11) is 0. The maximum Gasteiger partial charge on any atom is 0.160 e. The van der Waals surface area contributed by atoms with Crippen LogP contribution >= 0.6 is 0 Å². The highest BCUT2D eigenvalue weighted by Gasteiger charge is 2.51. The summed E-state index contributed by atoms with van der Waals surface area (Å²) in [5, 5.41) is 4.65. The van der Waals surface area contributed by atoms with Gasteiger partial charge in [0.15, 0.2) is 5.58 Å². The molecule has 0 atom stereocenters. The Labute approximate surface area is 337 Å². The highest BCUT2D eigenvalue weighted by atomic mass is 16.3. The molecule has 3 aliphatic carbocycles. The van der Waals surface area contributed by atoms with Crippen molar-refractivity contribution in [2.75, 3.05) is 4.90 Å². The second kappa shape index (κ2) is 11.2. The molecule has 1 aromatic heterocycles. The molecule has 1 heterocycles. The molecule has 0 unspecified atom stereocenters. The van der Waals surface area contributed by atoms with E-state index in [1.807, 2.05) is 0 Å². The second-order valence-electron chi connectivity index (χ2n) is 16.8. The first-order chi connectivity index (χ1) is 28.5. The van der Waals surface area contributed by atoms with E-state index in [9.17, 15) is 0 Å². The van der Waals surface area contributed by atoms with Gasteiger partial charge in [0.1, 0.15) is 5.58 Å². The van der Waals surface area contributed by atoms with Crippen LogP contribution in [0.3, 0.4) is 0 Å². The fourth-order valence-corrected chi connectivity index (χ4v) is 11.2. The number of nitrogens with zero attached hydrogens (tertiary/aromatic N) is 1. The standard InChI is InChI=1S/C56H37NO/c1-55(2)45-22-10-5-17-38(45)42-29-27-35(32-49(42)55)57(51-31-34-15-3-4-16-37(34)53-44-21-9-14-26-52(44)58-54(51)53)36-28-30-43-41-20-8-13-25-48(41)56(50(43)33-36)46-23-11-6-18-39(46)40-19-7-12-24-47(40)56/h3-33H,1-2H3. The topological polar surface area (TPSA) is 16.4 Å². The van der Waals surface area contributed by atoms with Gasteiger partial charge in [0.05, 0.1) is 11.1 Å². The van der Waals surface area contributed by atoms with E-state index in [0.29, 0.717) is 0 Å². The molecule has 272 valence electrons. The van der Waals surface area contributed by atoms with Crippen molar-refractivity contribution in [2.45, 2.75) is 24.7 Å². The van der Waals surface area contributed by atoms with E-state index in [4.69, 9.17) is 4.42 Å². The summed E-state index contributed by atoms with van der Waals surface area (Å²) < 4.78 is 6.99. The Morgan fingerprint density at radius 3 is 1.50 bits per heavy atom. The van der Waals surface area contributed by atoms with Gasteiger partial charge in [-0.1, -0.05) is 166 Å². The Hall–Kier alpha value is -7.16. The van der Waals surface area contributed by atoms with E-state index in [1.54, 1.807) is 0 Å². The van der Waals surface area contributed by atoms with Gasteiger partial charge in [-0.15, -0.1) is 0 Å². The Balaban J connectivity index is 1.14. The van der Waals surface area contributed by atoms with Crippen LogP contribution in [0.25, 0.3) is 66.1 Å². The van der Waals surface area contributed by atoms with Crippen molar-refractivity contribution in [1.82, 2.24) is 0 Å². The van der Waals surface area contributed by atoms with Crippen molar-refractivity contribution >= 4 is 49.8 Å². The first-order valence-electron chi connectivity index (χ1n) is 20.3. The molecule has 0 aliphatic heterocycles. The van der Waals surface area contributed by atoms with Crippen LogP contribution < -0.4 is 4.90 Å². The van der Waals surface area contributed by atoms with Crippen molar-refractivity contribution in [1.29, 1.82) is 0 Å². The van der Waals surface area contributed by atoms with Gasteiger partial charge in [-0.25, -0.2) is 0 Å². The summed E-state index contributed by atoms with van der Waals surface area (Å²) in [6.45, 7) is 4.73. The number of hydrogen-bond acceptors (Lipinski definition) is 2. The molecule has 58 heavy (non-hydrogen) atoms. The zero-order chi connectivity index (χ0) is 38.3.